The summed E-state index contributed by atoms with van der Waals surface area (Å²) in [5.74, 6) is 0.498. The van der Waals surface area contributed by atoms with E-state index in [0.717, 1.165) is 39.0 Å². The predicted octanol–water partition coefficient (Wildman–Crippen LogP) is 1.28. The molecule has 0 amide bonds. The molecule has 1 aliphatic rings. The van der Waals surface area contributed by atoms with Gasteiger partial charge in [0.05, 0.1) is 18.8 Å². The van der Waals surface area contributed by atoms with Crippen LogP contribution in [0.4, 0.5) is 0 Å². The van der Waals surface area contributed by atoms with Gasteiger partial charge in [-0.15, -0.1) is 0 Å². The number of likely N-dealkylation sites (tertiary alicyclic amines) is 1. The zero-order valence-electron chi connectivity index (χ0n) is 10.8. The quantitative estimate of drug-likeness (QED) is 0.858. The maximum atomic E-state index is 9.54. The predicted molar refractivity (Wildman–Crippen MR) is 67.8 cm³/mol. The van der Waals surface area contributed by atoms with Gasteiger partial charge in [0.25, 0.3) is 0 Å². The van der Waals surface area contributed by atoms with E-state index in [-0.39, 0.29) is 6.10 Å². The largest absolute Gasteiger partial charge is 0.393 e. The van der Waals surface area contributed by atoms with Gasteiger partial charge in [-0.3, -0.25) is 4.68 Å². The zero-order chi connectivity index (χ0) is 12.3. The number of aliphatic hydroxyl groups excluding tert-OH is 1. The number of aliphatic hydroxyl groups is 1. The van der Waals surface area contributed by atoms with Crippen LogP contribution in [0.3, 0.4) is 0 Å². The summed E-state index contributed by atoms with van der Waals surface area (Å²) in [4.78, 5) is 2.47. The van der Waals surface area contributed by atoms with E-state index >= 15 is 0 Å². The number of hydrogen-bond acceptors (Lipinski definition) is 3. The van der Waals surface area contributed by atoms with Gasteiger partial charge < -0.3 is 10.0 Å². The molecular formula is C13H23N3O. The van der Waals surface area contributed by atoms with Gasteiger partial charge in [-0.25, -0.2) is 0 Å². The van der Waals surface area contributed by atoms with E-state index in [9.17, 15) is 5.11 Å². The molecule has 0 aliphatic carbocycles. The zero-order valence-corrected chi connectivity index (χ0v) is 10.8. The third-order valence-electron chi connectivity index (χ3n) is 3.72. The van der Waals surface area contributed by atoms with E-state index in [1.54, 1.807) is 0 Å². The first-order valence-corrected chi connectivity index (χ1v) is 6.54. The van der Waals surface area contributed by atoms with Crippen LogP contribution in [0.25, 0.3) is 0 Å². The van der Waals surface area contributed by atoms with Crippen LogP contribution in [0.1, 0.15) is 25.3 Å². The molecule has 96 valence electrons. The van der Waals surface area contributed by atoms with E-state index in [1.165, 1.54) is 5.56 Å². The molecule has 0 spiro atoms. The maximum Gasteiger partial charge on any atom is 0.0541 e. The minimum absolute atomic E-state index is 0.147. The van der Waals surface area contributed by atoms with Crippen molar-refractivity contribution in [1.29, 1.82) is 0 Å². The molecule has 0 radical (unpaired) electrons. The molecule has 0 bridgehead atoms. The van der Waals surface area contributed by atoms with E-state index in [4.69, 9.17) is 0 Å². The Morgan fingerprint density at radius 1 is 1.41 bits per heavy atom. The average Bonchev–Trinajstić information content (AvgIpc) is 2.73. The number of aryl methyl sites for hydroxylation is 1. The maximum absolute atomic E-state index is 9.54. The van der Waals surface area contributed by atoms with Crippen molar-refractivity contribution in [3.63, 3.8) is 0 Å². The Bertz CT molecular complexity index is 340. The Hall–Kier alpha value is -0.870. The fourth-order valence-corrected chi connectivity index (χ4v) is 2.49. The van der Waals surface area contributed by atoms with Crippen molar-refractivity contribution >= 4 is 0 Å². The number of piperidine rings is 1. The summed E-state index contributed by atoms with van der Waals surface area (Å²) >= 11 is 0. The molecule has 4 nitrogen and oxygen atoms in total. The average molecular weight is 237 g/mol. The molecule has 4 heteroatoms. The number of rotatable bonds is 4. The lowest BCUT2D eigenvalue weighted by Gasteiger charge is -2.33. The lowest BCUT2D eigenvalue weighted by Crippen LogP contribution is -2.38. The minimum atomic E-state index is -0.147. The van der Waals surface area contributed by atoms with E-state index in [2.05, 4.69) is 23.1 Å². The smallest absolute Gasteiger partial charge is 0.0541 e. The second kappa shape index (κ2) is 5.65. The molecular weight excluding hydrogens is 214 g/mol. The van der Waals surface area contributed by atoms with Gasteiger partial charge in [0, 0.05) is 12.7 Å². The van der Waals surface area contributed by atoms with E-state index < -0.39 is 0 Å². The lowest BCUT2D eigenvalue weighted by atomic mass is 9.92. The van der Waals surface area contributed by atoms with Gasteiger partial charge in [0.15, 0.2) is 0 Å². The van der Waals surface area contributed by atoms with E-state index in [1.807, 2.05) is 17.8 Å². The van der Waals surface area contributed by atoms with Crippen LogP contribution < -0.4 is 0 Å². The summed E-state index contributed by atoms with van der Waals surface area (Å²) in [5, 5.41) is 13.8. The highest BCUT2D eigenvalue weighted by atomic mass is 16.3. The first-order valence-electron chi connectivity index (χ1n) is 6.54. The van der Waals surface area contributed by atoms with Gasteiger partial charge in [-0.05, 0) is 51.3 Å². The Morgan fingerprint density at radius 2 is 2.12 bits per heavy atom. The van der Waals surface area contributed by atoms with Crippen LogP contribution in [0, 0.1) is 12.8 Å². The summed E-state index contributed by atoms with van der Waals surface area (Å²) in [5.41, 5.74) is 1.22. The molecule has 17 heavy (non-hydrogen) atoms. The van der Waals surface area contributed by atoms with Crippen molar-refractivity contribution in [1.82, 2.24) is 14.7 Å². The first kappa shape index (κ1) is 12.6. The number of nitrogens with zero attached hydrogens (tertiary/aromatic N) is 3. The van der Waals surface area contributed by atoms with Crippen LogP contribution in [-0.4, -0.2) is 45.5 Å². The van der Waals surface area contributed by atoms with Crippen LogP contribution in [0.15, 0.2) is 12.4 Å². The summed E-state index contributed by atoms with van der Waals surface area (Å²) in [6.45, 7) is 8.22. The first-order chi connectivity index (χ1) is 8.15. The molecule has 1 atom stereocenters. The van der Waals surface area contributed by atoms with E-state index in [0.29, 0.717) is 5.92 Å². The van der Waals surface area contributed by atoms with Gasteiger partial charge in [0.2, 0.25) is 0 Å². The van der Waals surface area contributed by atoms with Crippen molar-refractivity contribution < 1.29 is 5.11 Å². The summed E-state index contributed by atoms with van der Waals surface area (Å²) in [6, 6.07) is 0. The third-order valence-corrected chi connectivity index (χ3v) is 3.72. The van der Waals surface area contributed by atoms with Gasteiger partial charge >= 0.3 is 0 Å². The van der Waals surface area contributed by atoms with Crippen molar-refractivity contribution in [2.45, 2.75) is 39.3 Å². The van der Waals surface area contributed by atoms with Crippen molar-refractivity contribution in [2.24, 2.45) is 5.92 Å². The molecule has 2 heterocycles. The molecule has 1 N–H and O–H groups in total. The molecule has 1 fully saturated rings. The fourth-order valence-electron chi connectivity index (χ4n) is 2.49. The van der Waals surface area contributed by atoms with Crippen molar-refractivity contribution in [3.05, 3.63) is 18.0 Å². The van der Waals surface area contributed by atoms with Gasteiger partial charge in [0.1, 0.15) is 0 Å². The Balaban J connectivity index is 1.71. The number of aromatic nitrogens is 2. The Morgan fingerprint density at radius 3 is 2.65 bits per heavy atom. The number of hydrogen-bond donors (Lipinski definition) is 1. The second-order valence-electron chi connectivity index (χ2n) is 5.20. The molecule has 1 saturated heterocycles. The summed E-state index contributed by atoms with van der Waals surface area (Å²) in [7, 11) is 0. The normalized spacial score (nSPS) is 20.6. The lowest BCUT2D eigenvalue weighted by molar-refractivity contribution is 0.0705. The highest BCUT2D eigenvalue weighted by Crippen LogP contribution is 2.20. The highest BCUT2D eigenvalue weighted by molar-refractivity contribution is 4.99. The Kier molecular flexibility index (Phi) is 4.18. The summed E-state index contributed by atoms with van der Waals surface area (Å²) in [6.07, 6.45) is 6.08. The standard InChI is InChI=1S/C13H23N3O/c1-11-9-14-16(10-11)8-7-15-5-3-13(4-6-15)12(2)17/h9-10,12-13,17H,3-8H2,1-2H3. The molecule has 1 unspecified atom stereocenters. The molecule has 1 aromatic rings. The summed E-state index contributed by atoms with van der Waals surface area (Å²) < 4.78 is 2.01. The molecule has 1 aliphatic heterocycles. The van der Waals surface area contributed by atoms with Crippen LogP contribution in [-0.2, 0) is 6.54 Å². The molecule has 0 saturated carbocycles. The van der Waals surface area contributed by atoms with Crippen LogP contribution in [0.2, 0.25) is 0 Å². The third kappa shape index (κ3) is 3.54. The molecule has 2 rings (SSSR count). The topological polar surface area (TPSA) is 41.3 Å². The van der Waals surface area contributed by atoms with Crippen molar-refractivity contribution in [2.75, 3.05) is 19.6 Å². The Labute approximate surface area is 103 Å². The SMILES string of the molecule is Cc1cnn(CCN2CCC(C(C)O)CC2)c1. The fraction of sp³-hybridized carbons (Fsp3) is 0.769. The molecule has 1 aromatic heterocycles. The highest BCUT2D eigenvalue weighted by Gasteiger charge is 2.22. The van der Waals surface area contributed by atoms with Gasteiger partial charge in [-0.2, -0.15) is 5.10 Å². The van der Waals surface area contributed by atoms with Gasteiger partial charge in [-0.1, -0.05) is 0 Å². The molecule has 0 aromatic carbocycles. The second-order valence-corrected chi connectivity index (χ2v) is 5.20. The van der Waals surface area contributed by atoms with Crippen LogP contribution >= 0.6 is 0 Å². The monoisotopic (exact) mass is 237 g/mol. The minimum Gasteiger partial charge on any atom is -0.393 e. The van der Waals surface area contributed by atoms with Crippen molar-refractivity contribution in [3.8, 4) is 0 Å². The van der Waals surface area contributed by atoms with Crippen LogP contribution in [0.5, 0.6) is 0 Å².